The van der Waals surface area contributed by atoms with Crippen LogP contribution in [0.5, 0.6) is 0 Å². The summed E-state index contributed by atoms with van der Waals surface area (Å²) in [5.74, 6) is -0.913. The van der Waals surface area contributed by atoms with Crippen molar-refractivity contribution in [3.8, 4) is 0 Å². The van der Waals surface area contributed by atoms with E-state index in [2.05, 4.69) is 10.3 Å². The molecule has 1 saturated heterocycles. The molecule has 0 saturated carbocycles. The first-order valence-electron chi connectivity index (χ1n) is 9.52. The van der Waals surface area contributed by atoms with Crippen molar-refractivity contribution < 1.29 is 23.4 Å². The fourth-order valence-corrected chi connectivity index (χ4v) is 3.84. The molecule has 158 valence electrons. The van der Waals surface area contributed by atoms with E-state index in [4.69, 9.17) is 20.8 Å². The number of likely N-dealkylation sites (tertiary alicyclic amines) is 1. The summed E-state index contributed by atoms with van der Waals surface area (Å²) >= 11 is 6.12. The van der Waals surface area contributed by atoms with Crippen molar-refractivity contribution in [3.63, 3.8) is 0 Å². The molecule has 0 radical (unpaired) electrons. The molecule has 0 spiro atoms. The smallest absolute Gasteiger partial charge is 0.300 e. The lowest BCUT2D eigenvalue weighted by Crippen LogP contribution is -2.39. The number of nitrogens with one attached hydrogen (secondary N) is 1. The van der Waals surface area contributed by atoms with Crippen LogP contribution in [0.3, 0.4) is 0 Å². The number of para-hydroxylation sites is 1. The average Bonchev–Trinajstić information content (AvgIpc) is 3.36. The fourth-order valence-electron chi connectivity index (χ4n) is 3.66. The van der Waals surface area contributed by atoms with Gasteiger partial charge < -0.3 is 24.5 Å². The highest BCUT2D eigenvalue weighted by Gasteiger charge is 2.35. The summed E-state index contributed by atoms with van der Waals surface area (Å²) in [6, 6.07) is 9.95. The number of carbonyl (C=O) groups excluding carboxylic acids is 1. The first-order valence-corrected chi connectivity index (χ1v) is 9.90. The van der Waals surface area contributed by atoms with E-state index in [1.54, 1.807) is 42.3 Å². The van der Waals surface area contributed by atoms with Crippen molar-refractivity contribution >= 4 is 40.3 Å². The maximum absolute atomic E-state index is 15.0. The number of hydrogen-bond acceptors (Lipinski definition) is 6. The quantitative estimate of drug-likeness (QED) is 0.618. The van der Waals surface area contributed by atoms with Crippen molar-refractivity contribution in [2.45, 2.75) is 25.0 Å². The van der Waals surface area contributed by atoms with Gasteiger partial charge in [-0.25, -0.2) is 4.39 Å². The molecule has 7 nitrogen and oxygen atoms in total. The van der Waals surface area contributed by atoms with Gasteiger partial charge in [-0.1, -0.05) is 29.8 Å². The lowest BCUT2D eigenvalue weighted by atomic mass is 10.1. The Morgan fingerprint density at radius 2 is 2.20 bits per heavy atom. The highest BCUT2D eigenvalue weighted by molar-refractivity contribution is 6.33. The van der Waals surface area contributed by atoms with Gasteiger partial charge in [0, 0.05) is 19.2 Å². The molecule has 30 heavy (non-hydrogen) atoms. The number of nitrogens with zero attached hydrogens (tertiary/aromatic N) is 2. The van der Waals surface area contributed by atoms with Gasteiger partial charge in [0.2, 0.25) is 5.91 Å². The first-order chi connectivity index (χ1) is 14.5. The van der Waals surface area contributed by atoms with Gasteiger partial charge in [0.1, 0.15) is 5.52 Å². The van der Waals surface area contributed by atoms with Crippen LogP contribution in [0, 0.1) is 5.82 Å². The van der Waals surface area contributed by atoms with Crippen molar-refractivity contribution in [2.75, 3.05) is 25.6 Å². The Morgan fingerprint density at radius 3 is 2.93 bits per heavy atom. The van der Waals surface area contributed by atoms with Gasteiger partial charge in [-0.3, -0.25) is 4.79 Å². The lowest BCUT2D eigenvalue weighted by molar-refractivity contribution is -0.132. The molecule has 0 aliphatic carbocycles. The Morgan fingerprint density at radius 1 is 1.40 bits per heavy atom. The van der Waals surface area contributed by atoms with E-state index >= 15 is 4.39 Å². The summed E-state index contributed by atoms with van der Waals surface area (Å²) < 4.78 is 25.9. The summed E-state index contributed by atoms with van der Waals surface area (Å²) in [5.41, 5.74) is 1.07. The number of aliphatic hydroxyl groups excluding tert-OH is 1. The van der Waals surface area contributed by atoms with Crippen LogP contribution in [0.25, 0.3) is 11.1 Å². The molecular formula is C21H21ClFN3O4. The van der Waals surface area contributed by atoms with E-state index in [0.717, 1.165) is 0 Å². The van der Waals surface area contributed by atoms with E-state index in [9.17, 15) is 9.90 Å². The lowest BCUT2D eigenvalue weighted by Gasteiger charge is -2.22. The molecule has 1 aliphatic heterocycles. The van der Waals surface area contributed by atoms with Crippen LogP contribution in [-0.2, 0) is 16.0 Å². The Labute approximate surface area is 177 Å². The summed E-state index contributed by atoms with van der Waals surface area (Å²) in [4.78, 5) is 18.5. The van der Waals surface area contributed by atoms with Gasteiger partial charge >= 0.3 is 0 Å². The van der Waals surface area contributed by atoms with Gasteiger partial charge in [0.25, 0.3) is 6.01 Å². The summed E-state index contributed by atoms with van der Waals surface area (Å²) in [6.07, 6.45) is 0.272. The van der Waals surface area contributed by atoms with Crippen molar-refractivity contribution in [3.05, 3.63) is 52.8 Å². The Bertz CT molecular complexity index is 1070. The molecule has 1 aromatic heterocycles. The van der Waals surface area contributed by atoms with Crippen molar-refractivity contribution in [1.29, 1.82) is 0 Å². The predicted molar refractivity (Wildman–Crippen MR) is 110 cm³/mol. The number of aromatic nitrogens is 1. The SMILES string of the molecule is CO[C@H]1CC(CO)N(C(=O)Cc2ccc3nc(Nc4ccccc4Cl)oc3c2F)C1. The molecule has 0 bridgehead atoms. The van der Waals surface area contributed by atoms with Crippen LogP contribution in [0.15, 0.2) is 40.8 Å². The molecule has 3 aromatic rings. The number of hydrogen-bond donors (Lipinski definition) is 2. The van der Waals surface area contributed by atoms with Gasteiger partial charge in [-0.2, -0.15) is 4.98 Å². The van der Waals surface area contributed by atoms with E-state index in [1.807, 2.05) is 0 Å². The van der Waals surface area contributed by atoms with Crippen molar-refractivity contribution in [2.24, 2.45) is 0 Å². The number of rotatable bonds is 6. The molecule has 4 rings (SSSR count). The minimum atomic E-state index is -0.636. The van der Waals surface area contributed by atoms with Crippen LogP contribution in [0.1, 0.15) is 12.0 Å². The monoisotopic (exact) mass is 433 g/mol. The molecule has 2 aromatic carbocycles. The third kappa shape index (κ3) is 3.98. The molecule has 2 heterocycles. The zero-order valence-electron chi connectivity index (χ0n) is 16.3. The number of ether oxygens (including phenoxy) is 1. The number of carbonyl (C=O) groups is 1. The molecule has 2 atom stereocenters. The number of anilines is 2. The number of halogens is 2. The second-order valence-corrected chi connectivity index (χ2v) is 7.57. The molecule has 1 unspecified atom stereocenters. The maximum atomic E-state index is 15.0. The molecule has 1 amide bonds. The predicted octanol–water partition coefficient (Wildman–Crippen LogP) is 3.51. The Kier molecular flexibility index (Phi) is 5.90. The van der Waals surface area contributed by atoms with Gasteiger partial charge in [-0.15, -0.1) is 0 Å². The first kappa shape index (κ1) is 20.6. The number of methoxy groups -OCH3 is 1. The molecule has 1 aliphatic rings. The summed E-state index contributed by atoms with van der Waals surface area (Å²) in [7, 11) is 1.57. The largest absolute Gasteiger partial charge is 0.420 e. The highest BCUT2D eigenvalue weighted by Crippen LogP contribution is 2.29. The molecule has 9 heteroatoms. The zero-order chi connectivity index (χ0) is 21.3. The van der Waals surface area contributed by atoms with E-state index < -0.39 is 5.82 Å². The topological polar surface area (TPSA) is 87.8 Å². The fraction of sp³-hybridized carbons (Fsp3) is 0.333. The zero-order valence-corrected chi connectivity index (χ0v) is 17.0. The second-order valence-electron chi connectivity index (χ2n) is 7.16. The van der Waals surface area contributed by atoms with Gasteiger partial charge in [0.05, 0.1) is 35.9 Å². The standard InChI is InChI=1S/C21H21ClFN3O4/c1-29-14-9-13(11-27)26(10-14)18(28)8-12-6-7-17-20(19(12)23)30-21(25-17)24-16-5-3-2-4-15(16)22/h2-7,13-14,27H,8-11H2,1H3,(H,24,25)/t13?,14-/m0/s1. The molecule has 1 fully saturated rings. The van der Waals surface area contributed by atoms with Crippen LogP contribution >= 0.6 is 11.6 Å². The summed E-state index contributed by atoms with van der Waals surface area (Å²) in [6.45, 7) is 0.213. The highest BCUT2D eigenvalue weighted by atomic mass is 35.5. The van der Waals surface area contributed by atoms with Crippen LogP contribution in [0.2, 0.25) is 5.02 Å². The maximum Gasteiger partial charge on any atom is 0.300 e. The van der Waals surface area contributed by atoms with Gasteiger partial charge in [-0.05, 0) is 24.6 Å². The van der Waals surface area contributed by atoms with Crippen LogP contribution in [0.4, 0.5) is 16.1 Å². The third-order valence-corrected chi connectivity index (χ3v) is 5.60. The number of benzene rings is 2. The third-order valence-electron chi connectivity index (χ3n) is 5.27. The minimum absolute atomic E-state index is 0.0373. The number of fused-ring (bicyclic) bond motifs is 1. The number of aliphatic hydroxyl groups is 1. The Balaban J connectivity index is 1.55. The number of oxazole rings is 1. The Hall–Kier alpha value is -2.68. The average molecular weight is 434 g/mol. The minimum Gasteiger partial charge on any atom is -0.420 e. The van der Waals surface area contributed by atoms with Gasteiger partial charge in [0.15, 0.2) is 11.4 Å². The van der Waals surface area contributed by atoms with E-state index in [0.29, 0.717) is 29.2 Å². The summed E-state index contributed by atoms with van der Waals surface area (Å²) in [5, 5.41) is 12.9. The molecular weight excluding hydrogens is 413 g/mol. The molecule has 2 N–H and O–H groups in total. The van der Waals surface area contributed by atoms with E-state index in [-0.39, 0.29) is 48.2 Å². The van der Waals surface area contributed by atoms with Crippen molar-refractivity contribution in [1.82, 2.24) is 9.88 Å². The van der Waals surface area contributed by atoms with Crippen LogP contribution in [-0.4, -0.2) is 53.3 Å². The second kappa shape index (κ2) is 8.59. The number of amides is 1. The van der Waals surface area contributed by atoms with Crippen LogP contribution < -0.4 is 5.32 Å². The normalized spacial score (nSPS) is 18.9. The van der Waals surface area contributed by atoms with E-state index in [1.165, 1.54) is 6.07 Å².